The molecule has 0 aliphatic heterocycles. The van der Waals surface area contributed by atoms with Crippen molar-refractivity contribution in [2.75, 3.05) is 17.7 Å². The number of hydrogen-bond donors (Lipinski definition) is 2. The molecule has 2 rings (SSSR count). The van der Waals surface area contributed by atoms with Gasteiger partial charge in [0.2, 0.25) is 5.95 Å². The number of hydrogen-bond acceptors (Lipinski definition) is 4. The van der Waals surface area contributed by atoms with E-state index in [0.717, 1.165) is 0 Å². The first kappa shape index (κ1) is 16.8. The first-order valence-corrected chi connectivity index (χ1v) is 6.17. The summed E-state index contributed by atoms with van der Waals surface area (Å²) in [7, 11) is 1.55. The van der Waals surface area contributed by atoms with E-state index in [0.29, 0.717) is 18.0 Å². The summed E-state index contributed by atoms with van der Waals surface area (Å²) in [4.78, 5) is 7.62. The van der Waals surface area contributed by atoms with Crippen LogP contribution < -0.4 is 10.6 Å². The maximum atomic E-state index is 12.8. The van der Waals surface area contributed by atoms with Crippen molar-refractivity contribution < 1.29 is 26.3 Å². The Bertz CT molecular complexity index is 663. The zero-order valence-electron chi connectivity index (χ0n) is 11.5. The molecule has 124 valence electrons. The molecule has 0 radical (unpaired) electrons. The van der Waals surface area contributed by atoms with Crippen molar-refractivity contribution in [2.45, 2.75) is 12.4 Å². The molecule has 0 saturated carbocycles. The fourth-order valence-corrected chi connectivity index (χ4v) is 1.71. The molecule has 10 heteroatoms. The molecule has 0 aliphatic carbocycles. The lowest BCUT2D eigenvalue weighted by Crippen LogP contribution is -2.12. The first-order chi connectivity index (χ1) is 10.6. The average molecular weight is 336 g/mol. The van der Waals surface area contributed by atoms with Crippen molar-refractivity contribution in [3.8, 4) is 0 Å². The Morgan fingerprint density at radius 3 is 1.96 bits per heavy atom. The minimum Gasteiger partial charge on any atom is -0.373 e. The molecule has 2 aromatic rings. The van der Waals surface area contributed by atoms with E-state index in [-0.39, 0.29) is 12.0 Å². The van der Waals surface area contributed by atoms with Gasteiger partial charge in [0.05, 0.1) is 11.1 Å². The first-order valence-electron chi connectivity index (χ1n) is 6.17. The van der Waals surface area contributed by atoms with Gasteiger partial charge in [0.1, 0.15) is 5.82 Å². The molecule has 2 N–H and O–H groups in total. The molecule has 0 spiro atoms. The summed E-state index contributed by atoms with van der Waals surface area (Å²) >= 11 is 0. The monoisotopic (exact) mass is 336 g/mol. The molecular weight excluding hydrogens is 326 g/mol. The molecule has 0 unspecified atom stereocenters. The summed E-state index contributed by atoms with van der Waals surface area (Å²) in [5, 5.41) is 5.01. The molecule has 0 saturated heterocycles. The van der Waals surface area contributed by atoms with Crippen molar-refractivity contribution in [2.24, 2.45) is 0 Å². The maximum absolute atomic E-state index is 12.8. The zero-order valence-corrected chi connectivity index (χ0v) is 11.5. The van der Waals surface area contributed by atoms with E-state index in [4.69, 9.17) is 0 Å². The number of halogens is 6. The Morgan fingerprint density at radius 1 is 0.913 bits per heavy atom. The van der Waals surface area contributed by atoms with Crippen LogP contribution >= 0.6 is 0 Å². The molecule has 0 aliphatic rings. The van der Waals surface area contributed by atoms with E-state index in [2.05, 4.69) is 20.6 Å². The van der Waals surface area contributed by atoms with Crippen LogP contribution in [0.5, 0.6) is 0 Å². The fraction of sp³-hybridized carbons (Fsp3) is 0.231. The second kappa shape index (κ2) is 5.94. The summed E-state index contributed by atoms with van der Waals surface area (Å²) in [5.74, 6) is 0.217. The van der Waals surface area contributed by atoms with E-state index in [1.165, 1.54) is 12.3 Å². The SMILES string of the molecule is CNc1ccnc(Nc2cc(C(F)(F)F)cc(C(F)(F)F)c2)n1. The molecule has 23 heavy (non-hydrogen) atoms. The second-order valence-electron chi connectivity index (χ2n) is 4.44. The minimum atomic E-state index is -4.91. The normalized spacial score (nSPS) is 12.1. The van der Waals surface area contributed by atoms with Gasteiger partial charge in [-0.2, -0.15) is 31.3 Å². The van der Waals surface area contributed by atoms with Crippen molar-refractivity contribution >= 4 is 17.5 Å². The highest BCUT2D eigenvalue weighted by molar-refractivity contribution is 5.58. The van der Waals surface area contributed by atoms with Gasteiger partial charge in [0, 0.05) is 18.9 Å². The molecule has 1 aromatic carbocycles. The highest BCUT2D eigenvalue weighted by atomic mass is 19.4. The molecule has 0 amide bonds. The molecule has 1 heterocycles. The van der Waals surface area contributed by atoms with E-state index in [1.54, 1.807) is 7.05 Å². The van der Waals surface area contributed by atoms with Crippen LogP contribution in [0.3, 0.4) is 0 Å². The lowest BCUT2D eigenvalue weighted by Gasteiger charge is -2.14. The van der Waals surface area contributed by atoms with Gasteiger partial charge < -0.3 is 10.6 Å². The van der Waals surface area contributed by atoms with E-state index >= 15 is 0 Å². The number of nitrogens with zero attached hydrogens (tertiary/aromatic N) is 2. The van der Waals surface area contributed by atoms with Crippen LogP contribution in [0.2, 0.25) is 0 Å². The van der Waals surface area contributed by atoms with Gasteiger partial charge in [-0.15, -0.1) is 0 Å². The van der Waals surface area contributed by atoms with Gasteiger partial charge in [-0.1, -0.05) is 0 Å². The smallest absolute Gasteiger partial charge is 0.373 e. The predicted molar refractivity (Wildman–Crippen MR) is 71.3 cm³/mol. The van der Waals surface area contributed by atoms with Gasteiger partial charge in [-0.3, -0.25) is 0 Å². The third-order valence-electron chi connectivity index (χ3n) is 2.76. The second-order valence-corrected chi connectivity index (χ2v) is 4.44. The van der Waals surface area contributed by atoms with Crippen molar-refractivity contribution in [1.29, 1.82) is 0 Å². The lowest BCUT2D eigenvalue weighted by atomic mass is 10.1. The quantitative estimate of drug-likeness (QED) is 0.821. The van der Waals surface area contributed by atoms with Crippen LogP contribution in [0.4, 0.5) is 43.8 Å². The molecule has 4 nitrogen and oxygen atoms in total. The Labute approximate surface area is 126 Å². The van der Waals surface area contributed by atoms with Gasteiger partial charge in [-0.05, 0) is 24.3 Å². The van der Waals surface area contributed by atoms with Crippen LogP contribution in [0.1, 0.15) is 11.1 Å². The van der Waals surface area contributed by atoms with Gasteiger partial charge in [0.15, 0.2) is 0 Å². The summed E-state index contributed by atoms with van der Waals surface area (Å²) < 4.78 is 76.5. The zero-order chi connectivity index (χ0) is 17.3. The van der Waals surface area contributed by atoms with Gasteiger partial charge >= 0.3 is 12.4 Å². The van der Waals surface area contributed by atoms with Crippen molar-refractivity contribution in [3.05, 3.63) is 41.6 Å². The van der Waals surface area contributed by atoms with E-state index in [9.17, 15) is 26.3 Å². The highest BCUT2D eigenvalue weighted by Crippen LogP contribution is 2.37. The van der Waals surface area contributed by atoms with Crippen molar-refractivity contribution in [1.82, 2.24) is 9.97 Å². The van der Waals surface area contributed by atoms with Crippen LogP contribution in [-0.2, 0) is 12.4 Å². The molecular formula is C13H10F6N4. The summed E-state index contributed by atoms with van der Waals surface area (Å²) in [6, 6.07) is 2.66. The van der Waals surface area contributed by atoms with Crippen LogP contribution in [0, 0.1) is 0 Å². The Kier molecular flexibility index (Phi) is 4.35. The molecule has 1 aromatic heterocycles. The topological polar surface area (TPSA) is 49.8 Å². The van der Waals surface area contributed by atoms with Crippen LogP contribution in [-0.4, -0.2) is 17.0 Å². The number of benzene rings is 1. The standard InChI is InChI=1S/C13H10F6N4/c1-20-10-2-3-21-11(23-10)22-9-5-7(12(14,15)16)4-8(6-9)13(17,18)19/h2-6H,1H3,(H2,20,21,22,23). The Balaban J connectivity index is 2.44. The molecule has 0 fully saturated rings. The highest BCUT2D eigenvalue weighted by Gasteiger charge is 2.37. The van der Waals surface area contributed by atoms with Gasteiger partial charge in [-0.25, -0.2) is 4.98 Å². The third kappa shape index (κ3) is 4.24. The fourth-order valence-electron chi connectivity index (χ4n) is 1.71. The average Bonchev–Trinajstić information content (AvgIpc) is 2.45. The molecule has 0 atom stereocenters. The van der Waals surface area contributed by atoms with E-state index < -0.39 is 29.2 Å². The Morgan fingerprint density at radius 2 is 1.48 bits per heavy atom. The van der Waals surface area contributed by atoms with Gasteiger partial charge in [0.25, 0.3) is 0 Å². The summed E-state index contributed by atoms with van der Waals surface area (Å²) in [6.45, 7) is 0. The minimum absolute atomic E-state index is 0.0516. The summed E-state index contributed by atoms with van der Waals surface area (Å²) in [5.41, 5.74) is -3.25. The maximum Gasteiger partial charge on any atom is 0.416 e. The summed E-state index contributed by atoms with van der Waals surface area (Å²) in [6.07, 6.45) is -8.52. The van der Waals surface area contributed by atoms with Crippen LogP contribution in [0.15, 0.2) is 30.5 Å². The number of aromatic nitrogens is 2. The number of nitrogens with one attached hydrogen (secondary N) is 2. The Hall–Kier alpha value is -2.52. The van der Waals surface area contributed by atoms with Crippen LogP contribution in [0.25, 0.3) is 0 Å². The third-order valence-corrected chi connectivity index (χ3v) is 2.76. The largest absolute Gasteiger partial charge is 0.416 e. The lowest BCUT2D eigenvalue weighted by molar-refractivity contribution is -0.143. The van der Waals surface area contributed by atoms with E-state index in [1.807, 2.05) is 0 Å². The predicted octanol–water partition coefficient (Wildman–Crippen LogP) is 4.30. The number of rotatable bonds is 3. The number of alkyl halides is 6. The number of anilines is 3. The molecule has 0 bridgehead atoms. The van der Waals surface area contributed by atoms with Crippen molar-refractivity contribution in [3.63, 3.8) is 0 Å².